The maximum Gasteiger partial charge on any atom is 0.253 e. The Balaban J connectivity index is 1.51. The van der Waals surface area contributed by atoms with Crippen molar-refractivity contribution in [3.05, 3.63) is 65.0 Å². The van der Waals surface area contributed by atoms with Crippen LogP contribution in [0.5, 0.6) is 0 Å². The van der Waals surface area contributed by atoms with Gasteiger partial charge in [-0.25, -0.2) is 4.39 Å². The van der Waals surface area contributed by atoms with E-state index in [1.165, 1.54) is 28.8 Å². The first-order valence-electron chi connectivity index (χ1n) is 9.93. The summed E-state index contributed by atoms with van der Waals surface area (Å²) in [4.78, 5) is 16.6. The van der Waals surface area contributed by atoms with E-state index in [9.17, 15) is 9.18 Å². The van der Waals surface area contributed by atoms with Gasteiger partial charge < -0.3 is 9.64 Å². The van der Waals surface area contributed by atoms with Gasteiger partial charge in [0.15, 0.2) is 0 Å². The Hall–Kier alpha value is -2.24. The Kier molecular flexibility index (Phi) is 5.21. The van der Waals surface area contributed by atoms with Crippen molar-refractivity contribution in [2.45, 2.75) is 38.8 Å². The van der Waals surface area contributed by atoms with Crippen LogP contribution in [0.25, 0.3) is 0 Å². The molecule has 0 N–H and O–H groups in total. The Morgan fingerprint density at radius 3 is 2.68 bits per heavy atom. The number of anilines is 1. The average Bonchev–Trinajstić information content (AvgIpc) is 2.68. The number of hydrogen-bond donors (Lipinski definition) is 0. The molecule has 2 saturated heterocycles. The summed E-state index contributed by atoms with van der Waals surface area (Å²) in [6.45, 7) is 7.59. The van der Waals surface area contributed by atoms with Crippen molar-refractivity contribution in [1.82, 2.24) is 4.90 Å². The van der Waals surface area contributed by atoms with Crippen LogP contribution >= 0.6 is 0 Å². The summed E-state index contributed by atoms with van der Waals surface area (Å²) in [6.07, 6.45) is 1.97. The lowest BCUT2D eigenvalue weighted by Crippen LogP contribution is -2.61. The molecule has 0 aliphatic carbocycles. The summed E-state index contributed by atoms with van der Waals surface area (Å²) >= 11 is 0. The first kappa shape index (κ1) is 19.1. The van der Waals surface area contributed by atoms with Gasteiger partial charge in [0, 0.05) is 18.8 Å². The average molecular weight is 382 g/mol. The monoisotopic (exact) mass is 382 g/mol. The number of ether oxygens (including phenoxy) is 1. The molecule has 4 nitrogen and oxygen atoms in total. The number of amides is 1. The third kappa shape index (κ3) is 3.96. The summed E-state index contributed by atoms with van der Waals surface area (Å²) in [5.74, 6) is -0.361. The lowest BCUT2D eigenvalue weighted by atomic mass is 9.89. The van der Waals surface area contributed by atoms with Gasteiger partial charge in [0.25, 0.3) is 5.91 Å². The molecule has 0 saturated carbocycles. The zero-order valence-electron chi connectivity index (χ0n) is 16.6. The minimum atomic E-state index is -0.363. The van der Waals surface area contributed by atoms with E-state index in [1.807, 2.05) is 0 Å². The van der Waals surface area contributed by atoms with Crippen molar-refractivity contribution in [3.8, 4) is 0 Å². The van der Waals surface area contributed by atoms with Gasteiger partial charge in [-0.05, 0) is 68.6 Å². The second-order valence-electron chi connectivity index (χ2n) is 8.17. The number of aryl methyl sites for hydroxylation is 2. The van der Waals surface area contributed by atoms with Crippen LogP contribution in [0.3, 0.4) is 0 Å². The van der Waals surface area contributed by atoms with Crippen LogP contribution < -0.4 is 4.90 Å². The Morgan fingerprint density at radius 2 is 1.89 bits per heavy atom. The fraction of sp³-hybridized carbons (Fsp3) is 0.435. The number of nitrogens with zero attached hydrogens (tertiary/aromatic N) is 2. The molecule has 4 rings (SSSR count). The number of likely N-dealkylation sites (tertiary alicyclic amines) is 1. The van der Waals surface area contributed by atoms with E-state index in [0.29, 0.717) is 6.54 Å². The summed E-state index contributed by atoms with van der Waals surface area (Å²) in [6, 6.07) is 12.7. The first-order chi connectivity index (χ1) is 13.4. The standard InChI is InChI=1S/C23H27FN2O2/c1-17-4-5-18(2)19(12-17)13-25-11-3-10-23(15-25)16-26(22(27)14-28-23)21-8-6-20(24)7-9-21/h4-9,12H,3,10-11,13-16H2,1-2H3. The predicted octanol–water partition coefficient (Wildman–Crippen LogP) is 3.84. The molecular weight excluding hydrogens is 355 g/mol. The van der Waals surface area contributed by atoms with Crippen molar-refractivity contribution in [3.63, 3.8) is 0 Å². The van der Waals surface area contributed by atoms with Gasteiger partial charge in [-0.2, -0.15) is 0 Å². The van der Waals surface area contributed by atoms with Crippen LogP contribution in [0.15, 0.2) is 42.5 Å². The van der Waals surface area contributed by atoms with Crippen molar-refractivity contribution < 1.29 is 13.9 Å². The molecule has 28 heavy (non-hydrogen) atoms. The normalized spacial score (nSPS) is 23.4. The number of benzene rings is 2. The molecule has 2 heterocycles. The number of rotatable bonds is 3. The molecule has 2 aliphatic heterocycles. The van der Waals surface area contributed by atoms with Gasteiger partial charge >= 0.3 is 0 Å². The van der Waals surface area contributed by atoms with E-state index in [4.69, 9.17) is 4.74 Å². The van der Waals surface area contributed by atoms with Crippen LogP contribution in [0.2, 0.25) is 0 Å². The third-order valence-corrected chi connectivity index (χ3v) is 5.90. The maximum absolute atomic E-state index is 13.3. The highest BCUT2D eigenvalue weighted by Crippen LogP contribution is 2.32. The minimum Gasteiger partial charge on any atom is -0.362 e. The molecule has 2 aromatic rings. The lowest BCUT2D eigenvalue weighted by Gasteiger charge is -2.47. The molecule has 148 valence electrons. The molecule has 0 radical (unpaired) electrons. The number of morpholine rings is 1. The smallest absolute Gasteiger partial charge is 0.253 e. The lowest BCUT2D eigenvalue weighted by molar-refractivity contribution is -0.146. The number of carbonyl (C=O) groups is 1. The molecule has 0 bridgehead atoms. The molecule has 1 unspecified atom stereocenters. The van der Waals surface area contributed by atoms with Crippen LogP contribution in [0.4, 0.5) is 10.1 Å². The van der Waals surface area contributed by atoms with E-state index in [2.05, 4.69) is 36.9 Å². The minimum absolute atomic E-state index is 0.0658. The molecule has 2 fully saturated rings. The fourth-order valence-corrected chi connectivity index (χ4v) is 4.35. The summed E-state index contributed by atoms with van der Waals surface area (Å²) in [5, 5.41) is 0. The van der Waals surface area contributed by atoms with Gasteiger partial charge in [-0.3, -0.25) is 9.69 Å². The third-order valence-electron chi connectivity index (χ3n) is 5.90. The van der Waals surface area contributed by atoms with Gasteiger partial charge in [-0.15, -0.1) is 0 Å². The topological polar surface area (TPSA) is 32.8 Å². The number of piperidine rings is 1. The summed E-state index contributed by atoms with van der Waals surface area (Å²) in [7, 11) is 0. The first-order valence-corrected chi connectivity index (χ1v) is 9.93. The largest absolute Gasteiger partial charge is 0.362 e. The molecule has 5 heteroatoms. The highest BCUT2D eigenvalue weighted by molar-refractivity contribution is 5.95. The molecule has 1 atom stereocenters. The van der Waals surface area contributed by atoms with E-state index < -0.39 is 0 Å². The number of hydrogen-bond acceptors (Lipinski definition) is 3. The molecule has 1 spiro atoms. The van der Waals surface area contributed by atoms with E-state index >= 15 is 0 Å². The van der Waals surface area contributed by atoms with Gasteiger partial charge in [-0.1, -0.05) is 23.8 Å². The Bertz CT molecular complexity index is 867. The fourth-order valence-electron chi connectivity index (χ4n) is 4.35. The van der Waals surface area contributed by atoms with E-state index in [-0.39, 0.29) is 23.9 Å². The second-order valence-corrected chi connectivity index (χ2v) is 8.17. The van der Waals surface area contributed by atoms with Gasteiger partial charge in [0.2, 0.25) is 0 Å². The van der Waals surface area contributed by atoms with E-state index in [0.717, 1.165) is 38.2 Å². The van der Waals surface area contributed by atoms with Crippen LogP contribution in [0, 0.1) is 19.7 Å². The van der Waals surface area contributed by atoms with Crippen molar-refractivity contribution in [2.75, 3.05) is 31.1 Å². The molecular formula is C23H27FN2O2. The molecule has 1 amide bonds. The van der Waals surface area contributed by atoms with Gasteiger partial charge in [0.1, 0.15) is 12.4 Å². The number of carbonyl (C=O) groups excluding carboxylic acids is 1. The van der Waals surface area contributed by atoms with E-state index in [1.54, 1.807) is 17.0 Å². The van der Waals surface area contributed by atoms with Crippen molar-refractivity contribution in [1.29, 1.82) is 0 Å². The Labute approximate surface area is 165 Å². The van der Waals surface area contributed by atoms with Crippen LogP contribution in [-0.4, -0.2) is 42.6 Å². The van der Waals surface area contributed by atoms with Crippen LogP contribution in [0.1, 0.15) is 29.5 Å². The predicted molar refractivity (Wildman–Crippen MR) is 108 cm³/mol. The Morgan fingerprint density at radius 1 is 1.11 bits per heavy atom. The summed E-state index contributed by atoms with van der Waals surface area (Å²) < 4.78 is 19.4. The zero-order chi connectivity index (χ0) is 19.7. The van der Waals surface area contributed by atoms with Gasteiger partial charge in [0.05, 0.1) is 12.1 Å². The summed E-state index contributed by atoms with van der Waals surface area (Å²) in [5.41, 5.74) is 4.30. The quantitative estimate of drug-likeness (QED) is 0.809. The van der Waals surface area contributed by atoms with Crippen molar-refractivity contribution in [2.24, 2.45) is 0 Å². The van der Waals surface area contributed by atoms with Crippen LogP contribution in [-0.2, 0) is 16.1 Å². The molecule has 2 aromatic carbocycles. The second kappa shape index (κ2) is 7.64. The molecule has 0 aromatic heterocycles. The highest BCUT2D eigenvalue weighted by atomic mass is 19.1. The SMILES string of the molecule is Cc1ccc(C)c(CN2CCCC3(C2)CN(c2ccc(F)cc2)C(=O)CO3)c1. The maximum atomic E-state index is 13.3. The zero-order valence-corrected chi connectivity index (χ0v) is 16.6. The van der Waals surface area contributed by atoms with Crippen molar-refractivity contribution >= 4 is 11.6 Å². The number of halogens is 1. The molecule has 2 aliphatic rings. The highest BCUT2D eigenvalue weighted by Gasteiger charge is 2.43.